The van der Waals surface area contributed by atoms with Gasteiger partial charge in [0.25, 0.3) is 0 Å². The Kier molecular flexibility index (Phi) is 7.06. The van der Waals surface area contributed by atoms with Crippen molar-refractivity contribution in [3.8, 4) is 5.75 Å². The summed E-state index contributed by atoms with van der Waals surface area (Å²) in [5.74, 6) is 1.11. The maximum atomic E-state index is 13.0. The second-order valence-corrected chi connectivity index (χ2v) is 6.55. The number of nitrogens with one attached hydrogen (secondary N) is 1. The Morgan fingerprint density at radius 2 is 2.15 bits per heavy atom. The summed E-state index contributed by atoms with van der Waals surface area (Å²) < 4.78 is 7.46. The van der Waals surface area contributed by atoms with E-state index < -0.39 is 0 Å². The Balaban J connectivity index is 0.00000243. The minimum Gasteiger partial charge on any atom is -0.494 e. The first-order valence-electron chi connectivity index (χ1n) is 8.75. The third-order valence-electron chi connectivity index (χ3n) is 4.74. The van der Waals surface area contributed by atoms with Crippen LogP contribution in [-0.4, -0.2) is 47.3 Å². The number of carbonyl (C=O) groups excluding carboxylic acids is 1. The van der Waals surface area contributed by atoms with Crippen molar-refractivity contribution in [1.82, 2.24) is 20.0 Å². The molecular formula is C19H27ClN4O2. The second kappa shape index (κ2) is 9.05. The van der Waals surface area contributed by atoms with Crippen LogP contribution in [0.4, 0.5) is 0 Å². The van der Waals surface area contributed by atoms with Gasteiger partial charge in [0, 0.05) is 51.4 Å². The summed E-state index contributed by atoms with van der Waals surface area (Å²) in [4.78, 5) is 14.8. The first kappa shape index (κ1) is 20.3. The molecule has 2 aromatic rings. The molecule has 2 atom stereocenters. The lowest BCUT2D eigenvalue weighted by Gasteiger charge is -2.25. The summed E-state index contributed by atoms with van der Waals surface area (Å²) in [6, 6.07) is 7.90. The Labute approximate surface area is 160 Å². The molecule has 1 saturated heterocycles. The highest BCUT2D eigenvalue weighted by Gasteiger charge is 2.36. The average molecular weight is 379 g/mol. The van der Waals surface area contributed by atoms with Crippen LogP contribution < -0.4 is 10.1 Å². The van der Waals surface area contributed by atoms with Crippen LogP contribution in [0.3, 0.4) is 0 Å². The summed E-state index contributed by atoms with van der Waals surface area (Å²) >= 11 is 0. The van der Waals surface area contributed by atoms with E-state index in [9.17, 15) is 4.79 Å². The number of rotatable bonds is 6. The fourth-order valence-electron chi connectivity index (χ4n) is 3.47. The number of hydrogen-bond acceptors (Lipinski definition) is 4. The van der Waals surface area contributed by atoms with E-state index in [1.807, 2.05) is 57.7 Å². The lowest BCUT2D eigenvalue weighted by Crippen LogP contribution is -2.35. The molecule has 0 spiro atoms. The van der Waals surface area contributed by atoms with E-state index >= 15 is 0 Å². The molecule has 0 bridgehead atoms. The molecule has 1 aromatic heterocycles. The van der Waals surface area contributed by atoms with Crippen molar-refractivity contribution in [2.45, 2.75) is 19.4 Å². The number of ether oxygens (including phenoxy) is 1. The zero-order valence-corrected chi connectivity index (χ0v) is 16.3. The molecule has 1 aliphatic rings. The standard InChI is InChI=1S/C19H26N4O2.ClH/c1-4-25-18-8-6-5-7-14(18)12-22(2)19(24)17-11-20-10-16(17)15-9-21-23(3)13-15;/h5-9,13,16-17,20H,4,10-12H2,1-3H3;1H/t16-,17+;/m1./s1. The largest absolute Gasteiger partial charge is 0.494 e. The molecule has 1 aromatic carbocycles. The van der Waals surface area contributed by atoms with Gasteiger partial charge in [0.2, 0.25) is 5.91 Å². The van der Waals surface area contributed by atoms with E-state index in [2.05, 4.69) is 10.4 Å². The highest BCUT2D eigenvalue weighted by atomic mass is 35.5. The van der Waals surface area contributed by atoms with Crippen molar-refractivity contribution in [2.75, 3.05) is 26.7 Å². The molecule has 2 heterocycles. The molecular weight excluding hydrogens is 352 g/mol. The van der Waals surface area contributed by atoms with Crippen molar-refractivity contribution in [1.29, 1.82) is 0 Å². The van der Waals surface area contributed by atoms with Crippen molar-refractivity contribution in [3.05, 3.63) is 47.8 Å². The van der Waals surface area contributed by atoms with Crippen LogP contribution in [0.1, 0.15) is 24.0 Å². The van der Waals surface area contributed by atoms with Gasteiger partial charge in [-0.25, -0.2) is 0 Å². The minimum atomic E-state index is -0.0616. The Bertz CT molecular complexity index is 734. The predicted molar refractivity (Wildman–Crippen MR) is 104 cm³/mol. The van der Waals surface area contributed by atoms with Crippen molar-refractivity contribution >= 4 is 18.3 Å². The zero-order chi connectivity index (χ0) is 17.8. The van der Waals surface area contributed by atoms with Gasteiger partial charge < -0.3 is 15.0 Å². The lowest BCUT2D eigenvalue weighted by atomic mass is 9.90. The number of halogens is 1. The molecule has 142 valence electrons. The molecule has 0 saturated carbocycles. The molecule has 1 fully saturated rings. The Hall–Kier alpha value is -2.05. The number of hydrogen-bond donors (Lipinski definition) is 1. The van der Waals surface area contributed by atoms with Gasteiger partial charge in [-0.05, 0) is 18.6 Å². The van der Waals surface area contributed by atoms with Crippen molar-refractivity contribution < 1.29 is 9.53 Å². The van der Waals surface area contributed by atoms with E-state index in [0.29, 0.717) is 19.7 Å². The first-order chi connectivity index (χ1) is 12.1. The van der Waals surface area contributed by atoms with Crippen LogP contribution in [0, 0.1) is 5.92 Å². The molecule has 0 aliphatic carbocycles. The fraction of sp³-hybridized carbons (Fsp3) is 0.474. The average Bonchev–Trinajstić information content (AvgIpc) is 3.24. The maximum absolute atomic E-state index is 13.0. The number of para-hydroxylation sites is 1. The van der Waals surface area contributed by atoms with Gasteiger partial charge >= 0.3 is 0 Å². The third-order valence-corrected chi connectivity index (χ3v) is 4.74. The van der Waals surface area contributed by atoms with Crippen LogP contribution >= 0.6 is 12.4 Å². The summed E-state index contributed by atoms with van der Waals surface area (Å²) in [5, 5.41) is 7.60. The second-order valence-electron chi connectivity index (χ2n) is 6.55. The summed E-state index contributed by atoms with van der Waals surface area (Å²) in [5.41, 5.74) is 2.15. The predicted octanol–water partition coefficient (Wildman–Crippen LogP) is 2.20. The topological polar surface area (TPSA) is 59.4 Å². The third kappa shape index (κ3) is 4.37. The summed E-state index contributed by atoms with van der Waals surface area (Å²) in [6.07, 6.45) is 3.87. The zero-order valence-electron chi connectivity index (χ0n) is 15.5. The van der Waals surface area contributed by atoms with Crippen LogP contribution in [0.5, 0.6) is 5.75 Å². The number of aromatic nitrogens is 2. The van der Waals surface area contributed by atoms with Gasteiger partial charge in [0.1, 0.15) is 5.75 Å². The van der Waals surface area contributed by atoms with Crippen LogP contribution in [0.15, 0.2) is 36.7 Å². The number of aryl methyl sites for hydroxylation is 1. The molecule has 0 unspecified atom stereocenters. The Morgan fingerprint density at radius 1 is 1.38 bits per heavy atom. The highest BCUT2D eigenvalue weighted by Crippen LogP contribution is 2.30. The van der Waals surface area contributed by atoms with Gasteiger partial charge in [-0.3, -0.25) is 9.48 Å². The number of benzene rings is 1. The summed E-state index contributed by atoms with van der Waals surface area (Å²) in [6.45, 7) is 4.64. The molecule has 1 amide bonds. The van der Waals surface area contributed by atoms with Gasteiger partial charge in [0.05, 0.1) is 18.7 Å². The van der Waals surface area contributed by atoms with Gasteiger partial charge in [0.15, 0.2) is 0 Å². The molecule has 7 heteroatoms. The van der Waals surface area contributed by atoms with Crippen LogP contribution in [0.2, 0.25) is 0 Å². The van der Waals surface area contributed by atoms with Crippen molar-refractivity contribution in [3.63, 3.8) is 0 Å². The van der Waals surface area contributed by atoms with E-state index in [1.165, 1.54) is 0 Å². The number of carbonyl (C=O) groups is 1. The molecule has 1 aliphatic heterocycles. The SMILES string of the molecule is CCOc1ccccc1CN(C)C(=O)[C@H]1CNC[C@@H]1c1cnn(C)c1.Cl. The quantitative estimate of drug-likeness (QED) is 0.837. The van der Waals surface area contributed by atoms with E-state index in [0.717, 1.165) is 23.4 Å². The smallest absolute Gasteiger partial charge is 0.227 e. The molecule has 0 radical (unpaired) electrons. The van der Waals surface area contributed by atoms with Gasteiger partial charge in [-0.15, -0.1) is 12.4 Å². The first-order valence-corrected chi connectivity index (χ1v) is 8.75. The molecule has 6 nitrogen and oxygen atoms in total. The van der Waals surface area contributed by atoms with Gasteiger partial charge in [-0.1, -0.05) is 18.2 Å². The Morgan fingerprint density at radius 3 is 2.85 bits per heavy atom. The van der Waals surface area contributed by atoms with Crippen LogP contribution in [-0.2, 0) is 18.4 Å². The summed E-state index contributed by atoms with van der Waals surface area (Å²) in [7, 11) is 3.77. The number of amides is 1. The monoisotopic (exact) mass is 378 g/mol. The van der Waals surface area contributed by atoms with E-state index in [1.54, 1.807) is 9.58 Å². The molecule has 3 rings (SSSR count). The van der Waals surface area contributed by atoms with Gasteiger partial charge in [-0.2, -0.15) is 5.10 Å². The molecule has 1 N–H and O–H groups in total. The normalized spacial score (nSPS) is 19.0. The van der Waals surface area contributed by atoms with E-state index in [-0.39, 0.29) is 30.2 Å². The van der Waals surface area contributed by atoms with E-state index in [4.69, 9.17) is 4.74 Å². The lowest BCUT2D eigenvalue weighted by molar-refractivity contribution is -0.134. The fourth-order valence-corrected chi connectivity index (χ4v) is 3.47. The highest BCUT2D eigenvalue weighted by molar-refractivity contribution is 5.85. The molecule has 26 heavy (non-hydrogen) atoms. The minimum absolute atomic E-state index is 0. The van der Waals surface area contributed by atoms with Crippen molar-refractivity contribution in [2.24, 2.45) is 13.0 Å². The van der Waals surface area contributed by atoms with Crippen LogP contribution in [0.25, 0.3) is 0 Å². The maximum Gasteiger partial charge on any atom is 0.227 e. The number of nitrogens with zero attached hydrogens (tertiary/aromatic N) is 3.